The van der Waals surface area contributed by atoms with E-state index in [0.29, 0.717) is 24.5 Å². The van der Waals surface area contributed by atoms with E-state index in [9.17, 15) is 9.59 Å². The number of esters is 1. The molecule has 1 aliphatic heterocycles. The minimum atomic E-state index is -0.552. The van der Waals surface area contributed by atoms with Gasteiger partial charge in [0, 0.05) is 18.5 Å². The molecule has 1 N–H and O–H groups in total. The second-order valence-electron chi connectivity index (χ2n) is 6.19. The minimum Gasteiger partial charge on any atom is -0.487 e. The fourth-order valence-electron chi connectivity index (χ4n) is 2.62. The predicted octanol–water partition coefficient (Wildman–Crippen LogP) is 2.48. The third-order valence-corrected chi connectivity index (χ3v) is 4.85. The Bertz CT molecular complexity index is 769. The van der Waals surface area contributed by atoms with E-state index in [2.05, 4.69) is 10.3 Å². The Kier molecular flexibility index (Phi) is 6.78. The largest absolute Gasteiger partial charge is 0.487 e. The van der Waals surface area contributed by atoms with E-state index in [0.717, 1.165) is 30.2 Å². The number of ether oxygens (including phenoxy) is 3. The molecule has 0 aliphatic carbocycles. The van der Waals surface area contributed by atoms with Crippen molar-refractivity contribution in [1.29, 1.82) is 0 Å². The molecule has 8 heteroatoms. The molecule has 0 radical (unpaired) electrons. The van der Waals surface area contributed by atoms with Crippen LogP contribution in [0.25, 0.3) is 0 Å². The van der Waals surface area contributed by atoms with Crippen molar-refractivity contribution in [3.05, 3.63) is 45.9 Å². The van der Waals surface area contributed by atoms with Gasteiger partial charge in [-0.3, -0.25) is 4.79 Å². The molecule has 1 atom stereocenters. The molecule has 3 rings (SSSR count). The van der Waals surface area contributed by atoms with Crippen LogP contribution in [0.1, 0.15) is 33.9 Å². The number of nitrogens with one attached hydrogen (secondary N) is 1. The van der Waals surface area contributed by atoms with Crippen LogP contribution in [0.3, 0.4) is 0 Å². The number of rotatable bonds is 8. The number of carbonyl (C=O) groups excluding carboxylic acids is 2. The van der Waals surface area contributed by atoms with Gasteiger partial charge in [-0.15, -0.1) is 11.3 Å². The van der Waals surface area contributed by atoms with E-state index in [1.54, 1.807) is 35.6 Å². The summed E-state index contributed by atoms with van der Waals surface area (Å²) in [6, 6.07) is 6.59. The average Bonchev–Trinajstić information content (AvgIpc) is 3.34. The molecule has 1 amide bonds. The van der Waals surface area contributed by atoms with E-state index >= 15 is 0 Å². The third kappa shape index (κ3) is 6.04. The smallest absolute Gasteiger partial charge is 0.338 e. The maximum atomic E-state index is 12.0. The molecule has 0 saturated carbocycles. The standard InChI is InChI=1S/C19H22N2O5S/c1-13-21-15(12-27-13)10-25-16-6-4-14(5-7-16)19(23)26-11-18(22)20-9-17-3-2-8-24-17/h4-7,12,17H,2-3,8-11H2,1H3,(H,20,22)/t17-/m0/s1. The normalized spacial score (nSPS) is 16.1. The van der Waals surface area contributed by atoms with Gasteiger partial charge >= 0.3 is 5.97 Å². The first-order valence-electron chi connectivity index (χ1n) is 8.79. The highest BCUT2D eigenvalue weighted by Gasteiger charge is 2.17. The van der Waals surface area contributed by atoms with E-state index in [4.69, 9.17) is 14.2 Å². The maximum absolute atomic E-state index is 12.0. The highest BCUT2D eigenvalue weighted by atomic mass is 32.1. The lowest BCUT2D eigenvalue weighted by Crippen LogP contribution is -2.34. The summed E-state index contributed by atoms with van der Waals surface area (Å²) in [5.74, 6) is -0.257. The van der Waals surface area contributed by atoms with Crippen LogP contribution in [0.4, 0.5) is 0 Å². The summed E-state index contributed by atoms with van der Waals surface area (Å²) in [7, 11) is 0. The van der Waals surface area contributed by atoms with Gasteiger partial charge in [-0.1, -0.05) is 0 Å². The number of thiazole rings is 1. The quantitative estimate of drug-likeness (QED) is 0.697. The van der Waals surface area contributed by atoms with Gasteiger partial charge < -0.3 is 19.5 Å². The van der Waals surface area contributed by atoms with Crippen molar-refractivity contribution in [2.75, 3.05) is 19.8 Å². The zero-order valence-electron chi connectivity index (χ0n) is 15.1. The Balaban J connectivity index is 1.39. The second kappa shape index (κ2) is 9.48. The highest BCUT2D eigenvalue weighted by molar-refractivity contribution is 7.09. The van der Waals surface area contributed by atoms with E-state index in [-0.39, 0.29) is 18.6 Å². The predicted molar refractivity (Wildman–Crippen MR) is 99.9 cm³/mol. The van der Waals surface area contributed by atoms with Crippen molar-refractivity contribution in [2.45, 2.75) is 32.5 Å². The van der Waals surface area contributed by atoms with Crippen molar-refractivity contribution >= 4 is 23.2 Å². The third-order valence-electron chi connectivity index (χ3n) is 4.03. The number of aryl methyl sites for hydroxylation is 1. The molecule has 2 heterocycles. The summed E-state index contributed by atoms with van der Waals surface area (Å²) in [6.45, 7) is 3.18. The van der Waals surface area contributed by atoms with Gasteiger partial charge in [0.15, 0.2) is 6.61 Å². The summed E-state index contributed by atoms with van der Waals surface area (Å²) in [6.07, 6.45) is 2.01. The van der Waals surface area contributed by atoms with Crippen molar-refractivity contribution in [2.24, 2.45) is 0 Å². The first-order valence-corrected chi connectivity index (χ1v) is 9.67. The highest BCUT2D eigenvalue weighted by Crippen LogP contribution is 2.16. The van der Waals surface area contributed by atoms with Crippen LogP contribution in [-0.4, -0.2) is 42.7 Å². The molecule has 1 aromatic heterocycles. The molecule has 0 unspecified atom stereocenters. The van der Waals surface area contributed by atoms with Gasteiger partial charge in [-0.2, -0.15) is 0 Å². The van der Waals surface area contributed by atoms with Gasteiger partial charge in [0.05, 0.1) is 22.4 Å². The fraction of sp³-hybridized carbons (Fsp3) is 0.421. The molecule has 144 valence electrons. The number of aromatic nitrogens is 1. The molecule has 0 spiro atoms. The van der Waals surface area contributed by atoms with Crippen LogP contribution >= 0.6 is 11.3 Å². The van der Waals surface area contributed by atoms with Gasteiger partial charge in [0.1, 0.15) is 12.4 Å². The van der Waals surface area contributed by atoms with E-state index in [1.165, 1.54) is 0 Å². The Morgan fingerprint density at radius 2 is 2.15 bits per heavy atom. The molecule has 27 heavy (non-hydrogen) atoms. The van der Waals surface area contributed by atoms with E-state index < -0.39 is 5.97 Å². The Morgan fingerprint density at radius 1 is 1.33 bits per heavy atom. The van der Waals surface area contributed by atoms with Gasteiger partial charge in [-0.05, 0) is 44.0 Å². The molecule has 1 aromatic carbocycles. The zero-order chi connectivity index (χ0) is 19.1. The molecular weight excluding hydrogens is 368 g/mol. The molecule has 1 saturated heterocycles. The molecule has 0 bridgehead atoms. The number of hydrogen-bond acceptors (Lipinski definition) is 7. The summed E-state index contributed by atoms with van der Waals surface area (Å²) < 4.78 is 16.1. The first kappa shape index (κ1) is 19.3. The summed E-state index contributed by atoms with van der Waals surface area (Å²) in [5, 5.41) is 5.65. The fourth-order valence-corrected chi connectivity index (χ4v) is 3.21. The molecular formula is C19H22N2O5S. The Hall–Kier alpha value is -2.45. The summed E-state index contributed by atoms with van der Waals surface area (Å²) in [4.78, 5) is 28.1. The Morgan fingerprint density at radius 3 is 2.81 bits per heavy atom. The lowest BCUT2D eigenvalue weighted by atomic mass is 10.2. The lowest BCUT2D eigenvalue weighted by molar-refractivity contribution is -0.124. The van der Waals surface area contributed by atoms with E-state index in [1.807, 2.05) is 12.3 Å². The lowest BCUT2D eigenvalue weighted by Gasteiger charge is -2.11. The van der Waals surface area contributed by atoms with Crippen LogP contribution in [0, 0.1) is 6.92 Å². The summed E-state index contributed by atoms with van der Waals surface area (Å²) >= 11 is 1.57. The van der Waals surface area contributed by atoms with Crippen LogP contribution in [0.2, 0.25) is 0 Å². The van der Waals surface area contributed by atoms with Crippen molar-refractivity contribution in [3.8, 4) is 5.75 Å². The Labute approximate surface area is 161 Å². The second-order valence-corrected chi connectivity index (χ2v) is 7.25. The van der Waals surface area contributed by atoms with Crippen molar-refractivity contribution < 1.29 is 23.8 Å². The average molecular weight is 390 g/mol. The van der Waals surface area contributed by atoms with Crippen LogP contribution in [0.15, 0.2) is 29.6 Å². The van der Waals surface area contributed by atoms with Crippen LogP contribution in [0.5, 0.6) is 5.75 Å². The molecule has 7 nitrogen and oxygen atoms in total. The van der Waals surface area contributed by atoms with Crippen molar-refractivity contribution in [3.63, 3.8) is 0 Å². The number of benzene rings is 1. The number of carbonyl (C=O) groups is 2. The number of hydrogen-bond donors (Lipinski definition) is 1. The molecule has 1 aliphatic rings. The molecule has 1 fully saturated rings. The molecule has 2 aromatic rings. The maximum Gasteiger partial charge on any atom is 0.338 e. The van der Waals surface area contributed by atoms with Gasteiger partial charge in [0.25, 0.3) is 5.91 Å². The monoisotopic (exact) mass is 390 g/mol. The van der Waals surface area contributed by atoms with Gasteiger partial charge in [0.2, 0.25) is 0 Å². The number of nitrogens with zero attached hydrogens (tertiary/aromatic N) is 1. The van der Waals surface area contributed by atoms with Crippen molar-refractivity contribution in [1.82, 2.24) is 10.3 Å². The zero-order valence-corrected chi connectivity index (χ0v) is 15.9. The van der Waals surface area contributed by atoms with Crippen LogP contribution < -0.4 is 10.1 Å². The first-order chi connectivity index (χ1) is 13.1. The number of amides is 1. The SMILES string of the molecule is Cc1nc(COc2ccc(C(=O)OCC(=O)NC[C@@H]3CCCO3)cc2)cs1. The summed E-state index contributed by atoms with van der Waals surface area (Å²) in [5.41, 5.74) is 1.23. The van der Waals surface area contributed by atoms with Gasteiger partial charge in [-0.25, -0.2) is 9.78 Å². The van der Waals surface area contributed by atoms with Crippen LogP contribution in [-0.2, 0) is 20.9 Å². The minimum absolute atomic E-state index is 0.0605. The topological polar surface area (TPSA) is 86.8 Å².